The van der Waals surface area contributed by atoms with Gasteiger partial charge in [0.1, 0.15) is 0 Å². The van der Waals surface area contributed by atoms with Crippen LogP contribution in [0.1, 0.15) is 39.0 Å². The van der Waals surface area contributed by atoms with Crippen molar-refractivity contribution in [3.05, 3.63) is 24.3 Å². The van der Waals surface area contributed by atoms with Gasteiger partial charge in [0.05, 0.1) is 10.2 Å². The summed E-state index contributed by atoms with van der Waals surface area (Å²) >= 11 is 1.73. The number of nitrogens with zero attached hydrogens (tertiary/aromatic N) is 3. The van der Waals surface area contributed by atoms with Crippen molar-refractivity contribution in [3.63, 3.8) is 0 Å². The van der Waals surface area contributed by atoms with Crippen molar-refractivity contribution in [1.29, 1.82) is 0 Å². The number of hydrogen-bond acceptors (Lipinski definition) is 4. The average Bonchev–Trinajstić information content (AvgIpc) is 2.92. The van der Waals surface area contributed by atoms with Gasteiger partial charge in [-0.3, -0.25) is 0 Å². The van der Waals surface area contributed by atoms with Crippen LogP contribution in [-0.2, 0) is 0 Å². The molecular weight excluding hydrogens is 266 g/mol. The molecule has 1 saturated carbocycles. The van der Waals surface area contributed by atoms with E-state index in [0.29, 0.717) is 0 Å². The van der Waals surface area contributed by atoms with Gasteiger partial charge in [-0.1, -0.05) is 42.7 Å². The van der Waals surface area contributed by atoms with E-state index in [9.17, 15) is 0 Å². The monoisotopic (exact) mass is 287 g/mol. The molecule has 0 bridgehead atoms. The minimum absolute atomic E-state index is 0.763. The van der Waals surface area contributed by atoms with Gasteiger partial charge in [0, 0.05) is 12.8 Å². The minimum Gasteiger partial charge on any atom is -0.239 e. The van der Waals surface area contributed by atoms with E-state index in [0.717, 1.165) is 23.1 Å². The Kier molecular flexibility index (Phi) is 4.31. The quantitative estimate of drug-likeness (QED) is 0.603. The maximum Gasteiger partial charge on any atom is 0.207 e. The molecule has 1 aliphatic carbocycles. The van der Waals surface area contributed by atoms with Crippen LogP contribution in [0, 0.1) is 5.92 Å². The number of rotatable bonds is 4. The van der Waals surface area contributed by atoms with Gasteiger partial charge in [0.15, 0.2) is 0 Å². The summed E-state index contributed by atoms with van der Waals surface area (Å²) in [6.07, 6.45) is 8.67. The Morgan fingerprint density at radius 3 is 2.85 bits per heavy atom. The van der Waals surface area contributed by atoms with Crippen LogP contribution < -0.4 is 5.01 Å². The summed E-state index contributed by atoms with van der Waals surface area (Å²) in [7, 11) is 0. The van der Waals surface area contributed by atoms with Crippen LogP contribution in [0.3, 0.4) is 0 Å². The van der Waals surface area contributed by atoms with E-state index in [4.69, 9.17) is 4.98 Å². The highest BCUT2D eigenvalue weighted by atomic mass is 32.1. The number of anilines is 1. The van der Waals surface area contributed by atoms with Gasteiger partial charge >= 0.3 is 0 Å². The van der Waals surface area contributed by atoms with E-state index < -0.39 is 0 Å². The molecular formula is C16H21N3S. The molecule has 0 spiro atoms. The van der Waals surface area contributed by atoms with E-state index in [1.807, 2.05) is 19.2 Å². The van der Waals surface area contributed by atoms with Crippen LogP contribution in [0.4, 0.5) is 5.13 Å². The zero-order chi connectivity index (χ0) is 13.8. The average molecular weight is 287 g/mol. The lowest BCUT2D eigenvalue weighted by molar-refractivity contribution is 0.359. The standard InChI is InChI=1S/C16H21N3S/c1-2-17-19(12-13-8-4-3-5-9-13)16-18-14-10-6-7-11-15(14)20-16/h2,6-7,10-11,13H,3-5,8-9,12H2,1H3/b17-2+. The molecule has 0 aliphatic heterocycles. The van der Waals surface area contributed by atoms with E-state index in [2.05, 4.69) is 28.3 Å². The zero-order valence-electron chi connectivity index (χ0n) is 12.0. The van der Waals surface area contributed by atoms with Crippen molar-refractivity contribution in [3.8, 4) is 0 Å². The van der Waals surface area contributed by atoms with Crippen LogP contribution in [0.25, 0.3) is 10.2 Å². The van der Waals surface area contributed by atoms with Gasteiger partial charge in [-0.05, 0) is 37.8 Å². The first-order valence-corrected chi connectivity index (χ1v) is 8.30. The topological polar surface area (TPSA) is 28.5 Å². The third-order valence-electron chi connectivity index (χ3n) is 3.91. The second kappa shape index (κ2) is 6.35. The van der Waals surface area contributed by atoms with E-state index in [1.165, 1.54) is 36.8 Å². The SMILES string of the molecule is C/C=N/N(CC1CCCCC1)c1nc2ccccc2s1. The maximum absolute atomic E-state index is 4.73. The predicted molar refractivity (Wildman–Crippen MR) is 87.7 cm³/mol. The van der Waals surface area contributed by atoms with Crippen LogP contribution in [0.15, 0.2) is 29.4 Å². The molecule has 106 valence electrons. The predicted octanol–water partition coefficient (Wildman–Crippen LogP) is 4.69. The van der Waals surface area contributed by atoms with Gasteiger partial charge in [0.25, 0.3) is 0 Å². The highest BCUT2D eigenvalue weighted by Crippen LogP contribution is 2.31. The van der Waals surface area contributed by atoms with Gasteiger partial charge in [0.2, 0.25) is 5.13 Å². The molecule has 4 heteroatoms. The molecule has 2 aromatic rings. The first kappa shape index (κ1) is 13.6. The molecule has 1 aliphatic rings. The normalized spacial score (nSPS) is 17.1. The lowest BCUT2D eigenvalue weighted by atomic mass is 9.89. The molecule has 0 saturated heterocycles. The Hall–Kier alpha value is -1.42. The van der Waals surface area contributed by atoms with Gasteiger partial charge < -0.3 is 0 Å². The lowest BCUT2D eigenvalue weighted by Gasteiger charge is -2.26. The molecule has 0 atom stereocenters. The molecule has 0 unspecified atom stereocenters. The first-order valence-electron chi connectivity index (χ1n) is 7.48. The smallest absolute Gasteiger partial charge is 0.207 e. The fourth-order valence-corrected chi connectivity index (χ4v) is 3.83. The fraction of sp³-hybridized carbons (Fsp3) is 0.500. The molecule has 0 N–H and O–H groups in total. The maximum atomic E-state index is 4.73. The van der Waals surface area contributed by atoms with Gasteiger partial charge in [-0.25, -0.2) is 9.99 Å². The summed E-state index contributed by atoms with van der Waals surface area (Å²) in [6.45, 7) is 2.98. The molecule has 1 heterocycles. The van der Waals surface area contributed by atoms with Crippen LogP contribution in [0.2, 0.25) is 0 Å². The van der Waals surface area contributed by atoms with Crippen molar-refractivity contribution < 1.29 is 0 Å². The number of benzene rings is 1. The Morgan fingerprint density at radius 2 is 2.10 bits per heavy atom. The Bertz CT molecular complexity index is 551. The Labute approximate surface area is 124 Å². The highest BCUT2D eigenvalue weighted by Gasteiger charge is 2.19. The van der Waals surface area contributed by atoms with Gasteiger partial charge in [-0.15, -0.1) is 0 Å². The van der Waals surface area contributed by atoms with Crippen molar-refractivity contribution >= 4 is 32.9 Å². The largest absolute Gasteiger partial charge is 0.239 e. The molecule has 1 aromatic heterocycles. The van der Waals surface area contributed by atoms with Crippen molar-refractivity contribution in [2.24, 2.45) is 11.0 Å². The summed E-state index contributed by atoms with van der Waals surface area (Å²) in [5, 5.41) is 7.66. The molecule has 0 amide bonds. The molecule has 1 fully saturated rings. The number of hydrazone groups is 1. The van der Waals surface area contributed by atoms with Crippen LogP contribution in [-0.4, -0.2) is 17.7 Å². The summed E-state index contributed by atoms with van der Waals surface area (Å²) in [5.74, 6) is 0.763. The zero-order valence-corrected chi connectivity index (χ0v) is 12.8. The van der Waals surface area contributed by atoms with Crippen molar-refractivity contribution in [1.82, 2.24) is 4.98 Å². The van der Waals surface area contributed by atoms with Gasteiger partial charge in [-0.2, -0.15) is 5.10 Å². The summed E-state index contributed by atoms with van der Waals surface area (Å²) in [6, 6.07) is 8.31. The van der Waals surface area contributed by atoms with Crippen molar-refractivity contribution in [2.45, 2.75) is 39.0 Å². The number of thiazole rings is 1. The molecule has 0 radical (unpaired) electrons. The summed E-state index contributed by atoms with van der Waals surface area (Å²) in [5.41, 5.74) is 1.08. The number of fused-ring (bicyclic) bond motifs is 1. The summed E-state index contributed by atoms with van der Waals surface area (Å²) < 4.78 is 1.24. The Balaban J connectivity index is 1.81. The fourth-order valence-electron chi connectivity index (χ4n) is 2.90. The second-order valence-corrected chi connectivity index (χ2v) is 6.43. The van der Waals surface area contributed by atoms with Crippen LogP contribution >= 0.6 is 11.3 Å². The third kappa shape index (κ3) is 3.01. The number of hydrogen-bond donors (Lipinski definition) is 0. The van der Waals surface area contributed by atoms with E-state index in [1.54, 1.807) is 11.3 Å². The van der Waals surface area contributed by atoms with E-state index in [-0.39, 0.29) is 0 Å². The first-order chi connectivity index (χ1) is 9.86. The number of aromatic nitrogens is 1. The lowest BCUT2D eigenvalue weighted by Crippen LogP contribution is -2.26. The highest BCUT2D eigenvalue weighted by molar-refractivity contribution is 7.22. The molecule has 1 aromatic carbocycles. The van der Waals surface area contributed by atoms with E-state index >= 15 is 0 Å². The Morgan fingerprint density at radius 1 is 1.30 bits per heavy atom. The molecule has 3 nitrogen and oxygen atoms in total. The van der Waals surface area contributed by atoms with Crippen LogP contribution in [0.5, 0.6) is 0 Å². The second-order valence-electron chi connectivity index (χ2n) is 5.42. The third-order valence-corrected chi connectivity index (χ3v) is 4.96. The van der Waals surface area contributed by atoms with Crippen molar-refractivity contribution in [2.75, 3.05) is 11.6 Å². The summed E-state index contributed by atoms with van der Waals surface area (Å²) in [4.78, 5) is 4.73. The number of para-hydroxylation sites is 1. The molecule has 20 heavy (non-hydrogen) atoms. The molecule has 3 rings (SSSR count). The minimum atomic E-state index is 0.763.